The number of rotatable bonds is 0. The summed E-state index contributed by atoms with van der Waals surface area (Å²) in [6, 6.07) is 8.28. The number of hydrogen-bond donors (Lipinski definition) is 1. The third-order valence-corrected chi connectivity index (χ3v) is 3.13. The van der Waals surface area contributed by atoms with Gasteiger partial charge in [0.1, 0.15) is 0 Å². The van der Waals surface area contributed by atoms with Gasteiger partial charge in [-0.25, -0.2) is 0 Å². The van der Waals surface area contributed by atoms with E-state index in [9.17, 15) is 0 Å². The molecular weight excluding hydrogens is 231 g/mol. The summed E-state index contributed by atoms with van der Waals surface area (Å²) < 4.78 is 2.34. The Balaban J connectivity index is 0.000000853. The zero-order valence-corrected chi connectivity index (χ0v) is 9.74. The van der Waals surface area contributed by atoms with Gasteiger partial charge in [0.2, 0.25) is 0 Å². The van der Waals surface area contributed by atoms with E-state index in [1.807, 2.05) is 12.1 Å². The fourth-order valence-electron chi connectivity index (χ4n) is 2.12. The maximum atomic E-state index is 6.14. The van der Waals surface area contributed by atoms with Gasteiger partial charge in [-0.15, -0.1) is 12.4 Å². The van der Waals surface area contributed by atoms with Crippen LogP contribution in [0.15, 0.2) is 24.3 Å². The van der Waals surface area contributed by atoms with Crippen LogP contribution in [-0.2, 0) is 13.1 Å². The minimum atomic E-state index is 0. The van der Waals surface area contributed by atoms with E-state index >= 15 is 0 Å². The maximum Gasteiger partial charge on any atom is 0.0499 e. The van der Waals surface area contributed by atoms with Crippen LogP contribution in [0, 0.1) is 0 Å². The molecule has 0 unspecified atom stereocenters. The van der Waals surface area contributed by atoms with Gasteiger partial charge in [0.25, 0.3) is 0 Å². The van der Waals surface area contributed by atoms with Crippen LogP contribution in [0.2, 0.25) is 5.02 Å². The molecule has 4 heteroatoms. The van der Waals surface area contributed by atoms with Crippen molar-refractivity contribution in [3.05, 3.63) is 35.0 Å². The van der Waals surface area contributed by atoms with E-state index in [1.165, 1.54) is 16.6 Å². The molecule has 0 fully saturated rings. The largest absolute Gasteiger partial charge is 0.342 e. The molecule has 1 aromatic carbocycles. The highest BCUT2D eigenvalue weighted by atomic mass is 35.5. The minimum Gasteiger partial charge on any atom is -0.342 e. The van der Waals surface area contributed by atoms with Crippen molar-refractivity contribution in [2.45, 2.75) is 13.1 Å². The van der Waals surface area contributed by atoms with E-state index in [1.54, 1.807) is 0 Å². The van der Waals surface area contributed by atoms with Crippen molar-refractivity contribution in [2.75, 3.05) is 6.54 Å². The fraction of sp³-hybridized carbons (Fsp3) is 0.273. The highest BCUT2D eigenvalue weighted by Gasteiger charge is 2.13. The van der Waals surface area contributed by atoms with Crippen LogP contribution in [0.5, 0.6) is 0 Å². The molecule has 0 amide bonds. The Kier molecular flexibility index (Phi) is 2.91. The van der Waals surface area contributed by atoms with E-state index in [2.05, 4.69) is 22.0 Å². The van der Waals surface area contributed by atoms with Crippen LogP contribution >= 0.6 is 24.0 Å². The molecular formula is C11H12Cl2N2. The molecule has 80 valence electrons. The van der Waals surface area contributed by atoms with Crippen LogP contribution in [0.1, 0.15) is 5.69 Å². The third kappa shape index (κ3) is 1.63. The highest BCUT2D eigenvalue weighted by Crippen LogP contribution is 2.27. The number of aromatic nitrogens is 1. The lowest BCUT2D eigenvalue weighted by atomic mass is 10.2. The Bertz CT molecular complexity index is 491. The van der Waals surface area contributed by atoms with Crippen LogP contribution in [0.4, 0.5) is 0 Å². The molecule has 0 atom stereocenters. The Labute approximate surface area is 99.6 Å². The third-order valence-electron chi connectivity index (χ3n) is 2.80. The summed E-state index contributed by atoms with van der Waals surface area (Å²) in [6.45, 7) is 3.04. The fourth-order valence-corrected chi connectivity index (χ4v) is 2.35. The summed E-state index contributed by atoms with van der Waals surface area (Å²) >= 11 is 6.14. The monoisotopic (exact) mass is 242 g/mol. The second kappa shape index (κ2) is 4.05. The zero-order chi connectivity index (χ0) is 9.54. The minimum absolute atomic E-state index is 0. The molecule has 0 saturated carbocycles. The van der Waals surface area contributed by atoms with Gasteiger partial charge in [0, 0.05) is 41.3 Å². The number of halogens is 2. The van der Waals surface area contributed by atoms with Gasteiger partial charge in [0.15, 0.2) is 0 Å². The molecule has 0 bridgehead atoms. The van der Waals surface area contributed by atoms with E-state index in [0.717, 1.165) is 24.7 Å². The average Bonchev–Trinajstić information content (AvgIpc) is 2.59. The van der Waals surface area contributed by atoms with Crippen molar-refractivity contribution < 1.29 is 0 Å². The summed E-state index contributed by atoms with van der Waals surface area (Å²) in [4.78, 5) is 0. The van der Waals surface area contributed by atoms with Gasteiger partial charge < -0.3 is 9.88 Å². The normalized spacial score (nSPS) is 14.7. The SMILES string of the molecule is Cl.Clc1cccc2c1cc1n2CCNC1. The van der Waals surface area contributed by atoms with Gasteiger partial charge in [-0.2, -0.15) is 0 Å². The first-order valence-corrected chi connectivity index (χ1v) is 5.21. The van der Waals surface area contributed by atoms with Gasteiger partial charge in [-0.05, 0) is 18.2 Å². The topological polar surface area (TPSA) is 17.0 Å². The second-order valence-corrected chi connectivity index (χ2v) is 4.04. The van der Waals surface area contributed by atoms with E-state index in [4.69, 9.17) is 11.6 Å². The van der Waals surface area contributed by atoms with Crippen LogP contribution in [0.3, 0.4) is 0 Å². The lowest BCUT2D eigenvalue weighted by Gasteiger charge is -2.16. The predicted octanol–water partition coefficient (Wildman–Crippen LogP) is 2.82. The van der Waals surface area contributed by atoms with Crippen molar-refractivity contribution in [3.63, 3.8) is 0 Å². The molecule has 0 radical (unpaired) electrons. The van der Waals surface area contributed by atoms with E-state index in [-0.39, 0.29) is 12.4 Å². The van der Waals surface area contributed by atoms with Crippen molar-refractivity contribution in [3.8, 4) is 0 Å². The molecule has 1 aromatic heterocycles. The smallest absolute Gasteiger partial charge is 0.0499 e. The highest BCUT2D eigenvalue weighted by molar-refractivity contribution is 6.35. The van der Waals surface area contributed by atoms with E-state index in [0.29, 0.717) is 0 Å². The number of fused-ring (bicyclic) bond motifs is 3. The number of nitrogens with zero attached hydrogens (tertiary/aromatic N) is 1. The first-order chi connectivity index (χ1) is 6.86. The molecule has 1 N–H and O–H groups in total. The number of nitrogens with one attached hydrogen (secondary N) is 1. The Morgan fingerprint density at radius 1 is 1.33 bits per heavy atom. The maximum absolute atomic E-state index is 6.14. The van der Waals surface area contributed by atoms with Gasteiger partial charge in [-0.3, -0.25) is 0 Å². The molecule has 1 aliphatic rings. The Hall–Kier alpha value is -0.700. The Morgan fingerprint density at radius 2 is 2.20 bits per heavy atom. The second-order valence-electron chi connectivity index (χ2n) is 3.64. The van der Waals surface area contributed by atoms with Gasteiger partial charge in [0.05, 0.1) is 0 Å². The standard InChI is InChI=1S/C11H11ClN2.ClH/c12-10-2-1-3-11-9(10)6-8-7-13-4-5-14(8)11;/h1-3,6,13H,4-5,7H2;1H. The predicted molar refractivity (Wildman–Crippen MR) is 65.9 cm³/mol. The quantitative estimate of drug-likeness (QED) is 0.752. The summed E-state index contributed by atoms with van der Waals surface area (Å²) in [5.41, 5.74) is 2.59. The molecule has 15 heavy (non-hydrogen) atoms. The van der Waals surface area contributed by atoms with Gasteiger partial charge >= 0.3 is 0 Å². The summed E-state index contributed by atoms with van der Waals surface area (Å²) in [5, 5.41) is 5.38. The Morgan fingerprint density at radius 3 is 3.07 bits per heavy atom. The summed E-state index contributed by atoms with van der Waals surface area (Å²) in [7, 11) is 0. The first kappa shape index (κ1) is 10.8. The van der Waals surface area contributed by atoms with Gasteiger partial charge in [-0.1, -0.05) is 17.7 Å². The van der Waals surface area contributed by atoms with Crippen molar-refractivity contribution in [1.29, 1.82) is 0 Å². The summed E-state index contributed by atoms with van der Waals surface area (Å²) in [6.07, 6.45) is 0. The number of hydrogen-bond acceptors (Lipinski definition) is 1. The van der Waals surface area contributed by atoms with Crippen LogP contribution < -0.4 is 5.32 Å². The molecule has 2 nitrogen and oxygen atoms in total. The van der Waals surface area contributed by atoms with Crippen molar-refractivity contribution >= 4 is 34.9 Å². The van der Waals surface area contributed by atoms with Crippen LogP contribution in [0.25, 0.3) is 10.9 Å². The molecule has 3 rings (SSSR count). The van der Waals surface area contributed by atoms with Crippen LogP contribution in [-0.4, -0.2) is 11.1 Å². The molecule has 0 aliphatic carbocycles. The zero-order valence-electron chi connectivity index (χ0n) is 8.16. The molecule has 0 saturated heterocycles. The lowest BCUT2D eigenvalue weighted by molar-refractivity contribution is 0.527. The number of benzene rings is 1. The van der Waals surface area contributed by atoms with E-state index < -0.39 is 0 Å². The van der Waals surface area contributed by atoms with Crippen molar-refractivity contribution in [1.82, 2.24) is 9.88 Å². The molecule has 0 spiro atoms. The molecule has 2 heterocycles. The molecule has 2 aromatic rings. The van der Waals surface area contributed by atoms with Crippen molar-refractivity contribution in [2.24, 2.45) is 0 Å². The summed E-state index contributed by atoms with van der Waals surface area (Å²) in [5.74, 6) is 0. The average molecular weight is 243 g/mol. The lowest BCUT2D eigenvalue weighted by Crippen LogP contribution is -2.27. The molecule has 1 aliphatic heterocycles. The first-order valence-electron chi connectivity index (χ1n) is 4.83.